The van der Waals surface area contributed by atoms with Crippen molar-refractivity contribution in [3.63, 3.8) is 0 Å². The molecule has 144 valence electrons. The fraction of sp³-hybridized carbons (Fsp3) is 0.120. The highest BCUT2D eigenvalue weighted by Gasteiger charge is 2.41. The number of hydrogen-bond donors (Lipinski definition) is 0. The van der Waals surface area contributed by atoms with Crippen LogP contribution in [-0.4, -0.2) is 22.4 Å². The third-order valence-corrected chi connectivity index (χ3v) is 5.02. The van der Waals surface area contributed by atoms with Gasteiger partial charge in [0.2, 0.25) is 0 Å². The van der Waals surface area contributed by atoms with Gasteiger partial charge in [-0.1, -0.05) is 91.0 Å². The van der Waals surface area contributed by atoms with Crippen molar-refractivity contribution in [1.82, 2.24) is 9.78 Å². The smallest absolute Gasteiger partial charge is 0.356 e. The van der Waals surface area contributed by atoms with Crippen molar-refractivity contribution in [1.29, 1.82) is 0 Å². The highest BCUT2D eigenvalue weighted by atomic mass is 16.5. The SMILES string of the molecule is CCOC(=O)c1ccnn1C(c1ccccc1)(c1ccccc1)c1ccccc1. The highest BCUT2D eigenvalue weighted by molar-refractivity contribution is 5.88. The van der Waals surface area contributed by atoms with E-state index in [1.54, 1.807) is 23.9 Å². The van der Waals surface area contributed by atoms with E-state index in [-0.39, 0.29) is 0 Å². The van der Waals surface area contributed by atoms with Crippen molar-refractivity contribution < 1.29 is 9.53 Å². The van der Waals surface area contributed by atoms with E-state index in [1.807, 2.05) is 54.6 Å². The molecule has 3 aromatic carbocycles. The summed E-state index contributed by atoms with van der Waals surface area (Å²) in [4.78, 5) is 12.8. The van der Waals surface area contributed by atoms with E-state index in [2.05, 4.69) is 41.5 Å². The van der Waals surface area contributed by atoms with Gasteiger partial charge in [0.05, 0.1) is 6.61 Å². The average molecular weight is 382 g/mol. The summed E-state index contributed by atoms with van der Waals surface area (Å²) < 4.78 is 7.11. The molecule has 0 aliphatic carbocycles. The highest BCUT2D eigenvalue weighted by Crippen LogP contribution is 2.41. The second-order valence-corrected chi connectivity index (χ2v) is 6.66. The van der Waals surface area contributed by atoms with Gasteiger partial charge in [-0.05, 0) is 29.7 Å². The maximum absolute atomic E-state index is 12.8. The van der Waals surface area contributed by atoms with Crippen LogP contribution in [0.4, 0.5) is 0 Å². The van der Waals surface area contributed by atoms with Gasteiger partial charge in [-0.25, -0.2) is 9.48 Å². The molecule has 0 aliphatic heterocycles. The summed E-state index contributed by atoms with van der Waals surface area (Å²) in [7, 11) is 0. The lowest BCUT2D eigenvalue weighted by atomic mass is 9.77. The molecule has 0 aliphatic rings. The molecule has 1 aromatic heterocycles. The Kier molecular flexibility index (Phi) is 5.25. The Hall–Kier alpha value is -3.66. The molecular weight excluding hydrogens is 360 g/mol. The van der Waals surface area contributed by atoms with Gasteiger partial charge in [0.1, 0.15) is 11.2 Å². The van der Waals surface area contributed by atoms with Gasteiger partial charge in [0.15, 0.2) is 0 Å². The van der Waals surface area contributed by atoms with E-state index in [0.717, 1.165) is 16.7 Å². The van der Waals surface area contributed by atoms with Crippen molar-refractivity contribution in [2.75, 3.05) is 6.61 Å². The summed E-state index contributed by atoms with van der Waals surface area (Å²) in [5.41, 5.74) is 2.60. The quantitative estimate of drug-likeness (QED) is 0.352. The average Bonchev–Trinajstić information content (AvgIpc) is 3.27. The molecule has 0 spiro atoms. The van der Waals surface area contributed by atoms with Crippen molar-refractivity contribution in [3.05, 3.63) is 126 Å². The number of nitrogens with zero attached hydrogens (tertiary/aromatic N) is 2. The molecule has 0 N–H and O–H groups in total. The van der Waals surface area contributed by atoms with E-state index in [1.165, 1.54) is 0 Å². The Balaban J connectivity index is 2.11. The van der Waals surface area contributed by atoms with Crippen LogP contribution in [-0.2, 0) is 10.3 Å². The number of esters is 1. The Labute approximate surface area is 170 Å². The van der Waals surface area contributed by atoms with Crippen molar-refractivity contribution in [3.8, 4) is 0 Å². The van der Waals surface area contributed by atoms with Crippen LogP contribution in [0.3, 0.4) is 0 Å². The predicted octanol–water partition coefficient (Wildman–Crippen LogP) is 4.90. The van der Waals surface area contributed by atoms with Gasteiger partial charge in [0.25, 0.3) is 0 Å². The van der Waals surface area contributed by atoms with Gasteiger partial charge in [-0.2, -0.15) is 5.10 Å². The Bertz CT molecular complexity index is 977. The molecule has 4 rings (SSSR count). The largest absolute Gasteiger partial charge is 0.461 e. The molecule has 29 heavy (non-hydrogen) atoms. The molecule has 0 fully saturated rings. The first-order chi connectivity index (χ1) is 14.3. The zero-order valence-electron chi connectivity index (χ0n) is 16.2. The number of benzene rings is 3. The number of rotatable bonds is 6. The van der Waals surface area contributed by atoms with Crippen LogP contribution < -0.4 is 0 Å². The molecule has 4 aromatic rings. The zero-order chi connectivity index (χ0) is 20.1. The summed E-state index contributed by atoms with van der Waals surface area (Å²) >= 11 is 0. The normalized spacial score (nSPS) is 11.2. The Morgan fingerprint density at radius 1 is 0.793 bits per heavy atom. The van der Waals surface area contributed by atoms with Gasteiger partial charge >= 0.3 is 5.97 Å². The molecule has 4 nitrogen and oxygen atoms in total. The van der Waals surface area contributed by atoms with E-state index in [4.69, 9.17) is 4.74 Å². The monoisotopic (exact) mass is 382 g/mol. The van der Waals surface area contributed by atoms with Crippen molar-refractivity contribution >= 4 is 5.97 Å². The summed E-state index contributed by atoms with van der Waals surface area (Å²) in [6.07, 6.45) is 1.65. The van der Waals surface area contributed by atoms with Crippen molar-refractivity contribution in [2.24, 2.45) is 0 Å². The topological polar surface area (TPSA) is 44.1 Å². The fourth-order valence-electron chi connectivity index (χ4n) is 3.84. The summed E-state index contributed by atoms with van der Waals surface area (Å²) in [6.45, 7) is 2.11. The lowest BCUT2D eigenvalue weighted by Gasteiger charge is -2.37. The molecule has 0 saturated carbocycles. The van der Waals surface area contributed by atoms with Crippen LogP contribution in [0.1, 0.15) is 34.1 Å². The van der Waals surface area contributed by atoms with Gasteiger partial charge in [0, 0.05) is 6.20 Å². The minimum absolute atomic E-state index is 0.305. The van der Waals surface area contributed by atoms with Crippen LogP contribution >= 0.6 is 0 Å². The minimum atomic E-state index is -0.824. The first kappa shape index (κ1) is 18.7. The second-order valence-electron chi connectivity index (χ2n) is 6.66. The molecule has 4 heteroatoms. The van der Waals surface area contributed by atoms with E-state index in [9.17, 15) is 4.79 Å². The van der Waals surface area contributed by atoms with Crippen LogP contribution in [0.25, 0.3) is 0 Å². The molecule has 0 radical (unpaired) electrons. The standard InChI is InChI=1S/C25H22N2O2/c1-2-29-24(28)23-18-19-26-27(23)25(20-12-6-3-7-13-20,21-14-8-4-9-15-21)22-16-10-5-11-17-22/h3-19H,2H2,1H3. The maximum atomic E-state index is 12.8. The van der Waals surface area contributed by atoms with Crippen LogP contribution in [0.2, 0.25) is 0 Å². The van der Waals surface area contributed by atoms with Crippen LogP contribution in [0.5, 0.6) is 0 Å². The van der Waals surface area contributed by atoms with Crippen LogP contribution in [0, 0.1) is 0 Å². The number of carbonyl (C=O) groups excluding carboxylic acids is 1. The number of aromatic nitrogens is 2. The molecule has 0 bridgehead atoms. The fourth-order valence-corrected chi connectivity index (χ4v) is 3.84. The first-order valence-electron chi connectivity index (χ1n) is 9.66. The zero-order valence-corrected chi connectivity index (χ0v) is 16.2. The molecule has 0 saturated heterocycles. The molecule has 1 heterocycles. The molecule has 0 amide bonds. The lowest BCUT2D eigenvalue weighted by Crippen LogP contribution is -2.40. The van der Waals surface area contributed by atoms with Gasteiger partial charge < -0.3 is 4.74 Å². The van der Waals surface area contributed by atoms with E-state index in [0.29, 0.717) is 12.3 Å². The third-order valence-electron chi connectivity index (χ3n) is 5.02. The molecule has 0 unspecified atom stereocenters. The van der Waals surface area contributed by atoms with E-state index >= 15 is 0 Å². The second kappa shape index (κ2) is 8.15. The van der Waals surface area contributed by atoms with E-state index < -0.39 is 11.5 Å². The van der Waals surface area contributed by atoms with Gasteiger partial charge in [-0.3, -0.25) is 0 Å². The molecular formula is C25H22N2O2. The first-order valence-corrected chi connectivity index (χ1v) is 9.66. The Morgan fingerprint density at radius 2 is 1.24 bits per heavy atom. The number of ether oxygens (including phenoxy) is 1. The van der Waals surface area contributed by atoms with Crippen molar-refractivity contribution in [2.45, 2.75) is 12.5 Å². The lowest BCUT2D eigenvalue weighted by molar-refractivity contribution is 0.0508. The van der Waals surface area contributed by atoms with Gasteiger partial charge in [-0.15, -0.1) is 0 Å². The summed E-state index contributed by atoms with van der Waals surface area (Å²) in [6, 6.07) is 32.1. The molecule has 0 atom stereocenters. The predicted molar refractivity (Wildman–Crippen MR) is 113 cm³/mol. The Morgan fingerprint density at radius 3 is 1.66 bits per heavy atom. The third kappa shape index (κ3) is 3.23. The summed E-state index contributed by atoms with van der Waals surface area (Å²) in [5, 5.41) is 4.64. The van der Waals surface area contributed by atoms with Crippen LogP contribution in [0.15, 0.2) is 103 Å². The minimum Gasteiger partial charge on any atom is -0.461 e. The maximum Gasteiger partial charge on any atom is 0.356 e. The number of carbonyl (C=O) groups is 1. The summed E-state index contributed by atoms with van der Waals surface area (Å²) in [5.74, 6) is -0.392. The number of hydrogen-bond acceptors (Lipinski definition) is 3.